The van der Waals surface area contributed by atoms with E-state index < -0.39 is 5.97 Å². The van der Waals surface area contributed by atoms with Gasteiger partial charge in [0.15, 0.2) is 0 Å². The van der Waals surface area contributed by atoms with Gasteiger partial charge in [-0.1, -0.05) is 30.3 Å². The Bertz CT molecular complexity index is 300. The quantitative estimate of drug-likeness (QED) is 0.722. The second kappa shape index (κ2) is 6.16. The molecular weight excluding hydrogens is 194 g/mol. The Morgan fingerprint density at radius 2 is 2.07 bits per heavy atom. The number of nitrogens with zero attached hydrogens (tertiary/aromatic N) is 1. The summed E-state index contributed by atoms with van der Waals surface area (Å²) < 4.78 is 0. The Morgan fingerprint density at radius 1 is 1.40 bits per heavy atom. The van der Waals surface area contributed by atoms with Crippen LogP contribution >= 0.6 is 0 Å². The fourth-order valence-electron chi connectivity index (χ4n) is 1.24. The molecule has 0 saturated heterocycles. The number of carboxylic acid groups (broad SMARTS) is 1. The Balaban J connectivity index is 2.43. The van der Waals surface area contributed by atoms with Crippen LogP contribution < -0.4 is 0 Å². The summed E-state index contributed by atoms with van der Waals surface area (Å²) >= 11 is 0. The molecular formula is C11H15NO3. The van der Waals surface area contributed by atoms with E-state index in [1.165, 1.54) is 0 Å². The predicted octanol–water partition coefficient (Wildman–Crippen LogP) is 1.52. The van der Waals surface area contributed by atoms with Crippen molar-refractivity contribution in [3.05, 3.63) is 35.9 Å². The van der Waals surface area contributed by atoms with Crippen LogP contribution in [0.3, 0.4) is 0 Å². The van der Waals surface area contributed by atoms with Crippen LogP contribution in [-0.2, 0) is 16.2 Å². The maximum absolute atomic E-state index is 10.4. The lowest BCUT2D eigenvalue weighted by atomic mass is 10.2. The van der Waals surface area contributed by atoms with Crippen LogP contribution in [0.15, 0.2) is 30.3 Å². The van der Waals surface area contributed by atoms with Crippen LogP contribution in [0.1, 0.15) is 12.0 Å². The number of hydroxylamine groups is 2. The summed E-state index contributed by atoms with van der Waals surface area (Å²) in [7, 11) is 1.55. The number of rotatable bonds is 6. The van der Waals surface area contributed by atoms with Gasteiger partial charge in [0.2, 0.25) is 0 Å². The fourth-order valence-corrected chi connectivity index (χ4v) is 1.24. The van der Waals surface area contributed by atoms with Crippen LogP contribution in [0.25, 0.3) is 0 Å². The third-order valence-corrected chi connectivity index (χ3v) is 2.04. The van der Waals surface area contributed by atoms with E-state index in [0.29, 0.717) is 13.1 Å². The van der Waals surface area contributed by atoms with Crippen molar-refractivity contribution in [1.82, 2.24) is 5.06 Å². The summed E-state index contributed by atoms with van der Waals surface area (Å²) in [5.41, 5.74) is 1.10. The topological polar surface area (TPSA) is 49.8 Å². The average molecular weight is 209 g/mol. The zero-order valence-electron chi connectivity index (χ0n) is 8.72. The molecule has 0 atom stereocenters. The zero-order valence-corrected chi connectivity index (χ0v) is 8.72. The molecule has 0 heterocycles. The fraction of sp³-hybridized carbons (Fsp3) is 0.364. The van der Waals surface area contributed by atoms with Crippen LogP contribution in [0.2, 0.25) is 0 Å². The molecule has 0 aliphatic rings. The Kier molecular flexibility index (Phi) is 4.80. The first-order valence-corrected chi connectivity index (χ1v) is 4.77. The molecule has 1 rings (SSSR count). The van der Waals surface area contributed by atoms with Crippen LogP contribution in [0.4, 0.5) is 0 Å². The molecule has 1 aromatic carbocycles. The second-order valence-corrected chi connectivity index (χ2v) is 3.18. The van der Waals surface area contributed by atoms with E-state index in [9.17, 15) is 4.79 Å². The normalized spacial score (nSPS) is 10.5. The molecule has 4 nitrogen and oxygen atoms in total. The minimum Gasteiger partial charge on any atom is -0.481 e. The molecule has 82 valence electrons. The van der Waals surface area contributed by atoms with Crippen LogP contribution in [0.5, 0.6) is 0 Å². The van der Waals surface area contributed by atoms with Gasteiger partial charge < -0.3 is 9.94 Å². The molecule has 0 radical (unpaired) electrons. The van der Waals surface area contributed by atoms with Gasteiger partial charge in [0.1, 0.15) is 0 Å². The first-order chi connectivity index (χ1) is 7.22. The second-order valence-electron chi connectivity index (χ2n) is 3.18. The van der Waals surface area contributed by atoms with E-state index in [4.69, 9.17) is 9.94 Å². The highest BCUT2D eigenvalue weighted by atomic mass is 16.7. The van der Waals surface area contributed by atoms with Gasteiger partial charge in [0.25, 0.3) is 0 Å². The van der Waals surface area contributed by atoms with Crippen molar-refractivity contribution in [2.24, 2.45) is 0 Å². The maximum atomic E-state index is 10.4. The van der Waals surface area contributed by atoms with Crippen LogP contribution in [0, 0.1) is 0 Å². The molecule has 1 aromatic rings. The summed E-state index contributed by atoms with van der Waals surface area (Å²) in [5.74, 6) is -0.815. The van der Waals surface area contributed by atoms with E-state index in [2.05, 4.69) is 0 Å². The lowest BCUT2D eigenvalue weighted by Gasteiger charge is -2.18. The highest BCUT2D eigenvalue weighted by Crippen LogP contribution is 2.04. The third-order valence-electron chi connectivity index (χ3n) is 2.04. The van der Waals surface area contributed by atoms with Crippen molar-refractivity contribution < 1.29 is 14.7 Å². The van der Waals surface area contributed by atoms with Gasteiger partial charge in [-0.25, -0.2) is 0 Å². The monoisotopic (exact) mass is 209 g/mol. The first-order valence-electron chi connectivity index (χ1n) is 4.77. The molecule has 0 aromatic heterocycles. The van der Waals surface area contributed by atoms with Gasteiger partial charge in [-0.05, 0) is 5.56 Å². The van der Waals surface area contributed by atoms with E-state index in [1.807, 2.05) is 30.3 Å². The molecule has 0 spiro atoms. The van der Waals surface area contributed by atoms with Crippen molar-refractivity contribution in [2.75, 3.05) is 13.7 Å². The highest BCUT2D eigenvalue weighted by Gasteiger charge is 2.06. The van der Waals surface area contributed by atoms with Crippen molar-refractivity contribution >= 4 is 5.97 Å². The number of benzene rings is 1. The summed E-state index contributed by atoms with van der Waals surface area (Å²) in [5, 5.41) is 10.2. The maximum Gasteiger partial charge on any atom is 0.304 e. The van der Waals surface area contributed by atoms with Crippen LogP contribution in [-0.4, -0.2) is 29.8 Å². The molecule has 4 heteroatoms. The standard InChI is InChI=1S/C11H15NO3/c1-15-12(8-7-11(13)14)9-10-5-3-2-4-6-10/h2-6H,7-9H2,1H3,(H,13,14). The first kappa shape index (κ1) is 11.7. The van der Waals surface area contributed by atoms with Gasteiger partial charge in [-0.15, -0.1) is 0 Å². The summed E-state index contributed by atoms with van der Waals surface area (Å²) in [4.78, 5) is 15.5. The number of carboxylic acids is 1. The summed E-state index contributed by atoms with van der Waals surface area (Å²) in [6.45, 7) is 0.991. The smallest absolute Gasteiger partial charge is 0.304 e. The number of hydrogen-bond donors (Lipinski definition) is 1. The molecule has 15 heavy (non-hydrogen) atoms. The van der Waals surface area contributed by atoms with Crippen molar-refractivity contribution in [3.8, 4) is 0 Å². The van der Waals surface area contributed by atoms with E-state index in [1.54, 1.807) is 12.2 Å². The van der Waals surface area contributed by atoms with Gasteiger partial charge in [-0.2, -0.15) is 5.06 Å². The highest BCUT2D eigenvalue weighted by molar-refractivity contribution is 5.66. The molecule has 0 aliphatic heterocycles. The summed E-state index contributed by atoms with van der Waals surface area (Å²) in [6, 6.07) is 9.79. The van der Waals surface area contributed by atoms with Gasteiger partial charge in [-0.3, -0.25) is 4.79 Å². The van der Waals surface area contributed by atoms with Gasteiger partial charge in [0.05, 0.1) is 13.5 Å². The Hall–Kier alpha value is -1.39. The summed E-state index contributed by atoms with van der Waals surface area (Å²) in [6.07, 6.45) is 0.0840. The molecule has 0 unspecified atom stereocenters. The van der Waals surface area contributed by atoms with E-state index in [0.717, 1.165) is 5.56 Å². The van der Waals surface area contributed by atoms with Gasteiger partial charge >= 0.3 is 5.97 Å². The predicted molar refractivity (Wildman–Crippen MR) is 56.1 cm³/mol. The SMILES string of the molecule is CON(CCC(=O)O)Cc1ccccc1. The molecule has 1 N–H and O–H groups in total. The average Bonchev–Trinajstić information content (AvgIpc) is 2.25. The van der Waals surface area contributed by atoms with E-state index in [-0.39, 0.29) is 6.42 Å². The number of carbonyl (C=O) groups is 1. The molecule has 0 amide bonds. The molecule has 0 bridgehead atoms. The lowest BCUT2D eigenvalue weighted by Crippen LogP contribution is -2.24. The lowest BCUT2D eigenvalue weighted by molar-refractivity contribution is -0.153. The molecule has 0 aliphatic carbocycles. The molecule has 0 saturated carbocycles. The minimum absolute atomic E-state index is 0.0840. The number of aliphatic carboxylic acids is 1. The van der Waals surface area contributed by atoms with Crippen molar-refractivity contribution in [2.45, 2.75) is 13.0 Å². The number of hydrogen-bond acceptors (Lipinski definition) is 3. The van der Waals surface area contributed by atoms with Crippen molar-refractivity contribution in [1.29, 1.82) is 0 Å². The van der Waals surface area contributed by atoms with Crippen molar-refractivity contribution in [3.63, 3.8) is 0 Å². The third kappa shape index (κ3) is 4.58. The molecule has 0 fully saturated rings. The Morgan fingerprint density at radius 3 is 2.60 bits per heavy atom. The Labute approximate surface area is 89.0 Å². The van der Waals surface area contributed by atoms with E-state index >= 15 is 0 Å². The minimum atomic E-state index is -0.815. The van der Waals surface area contributed by atoms with Gasteiger partial charge in [0, 0.05) is 13.1 Å². The zero-order chi connectivity index (χ0) is 11.1. The largest absolute Gasteiger partial charge is 0.481 e.